The van der Waals surface area contributed by atoms with Gasteiger partial charge >= 0.3 is 0 Å². The summed E-state index contributed by atoms with van der Waals surface area (Å²) in [6, 6.07) is 10.1. The van der Waals surface area contributed by atoms with Crippen molar-refractivity contribution in [3.8, 4) is 0 Å². The van der Waals surface area contributed by atoms with Crippen LogP contribution >= 0.6 is 27.3 Å². The molecule has 7 heteroatoms. The number of hydrogen-bond donors (Lipinski definition) is 1. The van der Waals surface area contributed by atoms with Crippen LogP contribution in [0.4, 0.5) is 0 Å². The maximum Gasteiger partial charge on any atom is 0.224 e. The predicted octanol–water partition coefficient (Wildman–Crippen LogP) is 3.57. The maximum atomic E-state index is 12.4. The molecule has 0 unspecified atom stereocenters. The van der Waals surface area contributed by atoms with E-state index in [1.54, 1.807) is 23.3 Å². The molecular weight excluding hydrogens is 412 g/mol. The van der Waals surface area contributed by atoms with E-state index < -0.39 is 0 Å². The lowest BCUT2D eigenvalue weighted by molar-refractivity contribution is -0.130. The summed E-state index contributed by atoms with van der Waals surface area (Å²) in [5.74, 6) is 0.890. The summed E-state index contributed by atoms with van der Waals surface area (Å²) in [7, 11) is 5.58. The first-order valence-corrected chi connectivity index (χ1v) is 10.1. The lowest BCUT2D eigenvalue weighted by Crippen LogP contribution is -2.40. The van der Waals surface area contributed by atoms with Gasteiger partial charge in [-0.2, -0.15) is 11.3 Å². The SMILES string of the molecule is CN=C(NCCC(=O)N(C)Cc1ccccc1Br)N(C)Cc1ccsc1. The first-order valence-electron chi connectivity index (χ1n) is 8.41. The molecule has 1 amide bonds. The molecule has 1 N–H and O–H groups in total. The van der Waals surface area contributed by atoms with Gasteiger partial charge in [-0.15, -0.1) is 0 Å². The van der Waals surface area contributed by atoms with Gasteiger partial charge in [0.1, 0.15) is 0 Å². The lowest BCUT2D eigenvalue weighted by Gasteiger charge is -2.22. The van der Waals surface area contributed by atoms with Crippen molar-refractivity contribution >= 4 is 39.1 Å². The van der Waals surface area contributed by atoms with Crippen LogP contribution in [0.2, 0.25) is 0 Å². The molecule has 0 radical (unpaired) electrons. The molecular formula is C19H25BrN4OS. The van der Waals surface area contributed by atoms with E-state index >= 15 is 0 Å². The number of carbonyl (C=O) groups is 1. The molecule has 0 bridgehead atoms. The molecule has 0 spiro atoms. The van der Waals surface area contributed by atoms with Gasteiger partial charge in [0.05, 0.1) is 0 Å². The number of guanidine groups is 1. The van der Waals surface area contributed by atoms with Gasteiger partial charge in [0.25, 0.3) is 0 Å². The van der Waals surface area contributed by atoms with E-state index in [2.05, 4.69) is 48.0 Å². The molecule has 1 aromatic carbocycles. The second-order valence-electron chi connectivity index (χ2n) is 6.05. The summed E-state index contributed by atoms with van der Waals surface area (Å²) in [5, 5.41) is 7.46. The minimum atomic E-state index is 0.101. The van der Waals surface area contributed by atoms with Crippen molar-refractivity contribution < 1.29 is 4.79 Å². The third kappa shape index (κ3) is 6.14. The molecule has 140 valence electrons. The molecule has 0 saturated heterocycles. The molecule has 0 aliphatic heterocycles. The van der Waals surface area contributed by atoms with Crippen molar-refractivity contribution in [1.82, 2.24) is 15.1 Å². The Labute approximate surface area is 167 Å². The number of carbonyl (C=O) groups excluding carboxylic acids is 1. The van der Waals surface area contributed by atoms with Crippen LogP contribution in [0.1, 0.15) is 17.5 Å². The number of amides is 1. The summed E-state index contributed by atoms with van der Waals surface area (Å²) in [6.45, 7) is 1.94. The van der Waals surface area contributed by atoms with Gasteiger partial charge in [0, 0.05) is 51.7 Å². The molecule has 0 saturated carbocycles. The smallest absolute Gasteiger partial charge is 0.224 e. The summed E-state index contributed by atoms with van der Waals surface area (Å²) < 4.78 is 1.02. The van der Waals surface area contributed by atoms with Crippen molar-refractivity contribution in [3.05, 3.63) is 56.7 Å². The molecule has 0 aliphatic carbocycles. The van der Waals surface area contributed by atoms with Gasteiger partial charge in [-0.25, -0.2) is 0 Å². The third-order valence-electron chi connectivity index (χ3n) is 3.99. The monoisotopic (exact) mass is 436 g/mol. The number of thiophene rings is 1. The van der Waals surface area contributed by atoms with Crippen LogP contribution in [0.15, 0.2) is 50.6 Å². The Morgan fingerprint density at radius 2 is 1.96 bits per heavy atom. The molecule has 0 aliphatic rings. The van der Waals surface area contributed by atoms with Crippen LogP contribution < -0.4 is 5.32 Å². The Balaban J connectivity index is 1.78. The number of rotatable bonds is 7. The quantitative estimate of drug-likeness (QED) is 0.532. The van der Waals surface area contributed by atoms with Crippen molar-refractivity contribution in [2.75, 3.05) is 27.7 Å². The van der Waals surface area contributed by atoms with Gasteiger partial charge in [0.15, 0.2) is 5.96 Å². The van der Waals surface area contributed by atoms with Crippen molar-refractivity contribution in [2.24, 2.45) is 4.99 Å². The Kier molecular flexibility index (Phi) is 8.12. The number of aliphatic imine (C=N–C) groups is 1. The highest BCUT2D eigenvalue weighted by Crippen LogP contribution is 2.17. The molecule has 0 fully saturated rings. The molecule has 1 aromatic heterocycles. The normalized spacial score (nSPS) is 11.3. The van der Waals surface area contributed by atoms with Crippen LogP contribution in [-0.2, 0) is 17.9 Å². The second-order valence-corrected chi connectivity index (χ2v) is 7.69. The minimum Gasteiger partial charge on any atom is -0.356 e. The van der Waals surface area contributed by atoms with E-state index in [1.807, 2.05) is 38.4 Å². The van der Waals surface area contributed by atoms with Crippen LogP contribution in [0.5, 0.6) is 0 Å². The Bertz CT molecular complexity index is 733. The maximum absolute atomic E-state index is 12.4. The van der Waals surface area contributed by atoms with E-state index in [1.165, 1.54) is 5.56 Å². The van der Waals surface area contributed by atoms with Crippen LogP contribution in [0, 0.1) is 0 Å². The first-order chi connectivity index (χ1) is 12.5. The fraction of sp³-hybridized carbons (Fsp3) is 0.368. The van der Waals surface area contributed by atoms with Gasteiger partial charge in [-0.05, 0) is 34.0 Å². The van der Waals surface area contributed by atoms with Crippen molar-refractivity contribution in [2.45, 2.75) is 19.5 Å². The van der Waals surface area contributed by atoms with E-state index in [-0.39, 0.29) is 5.91 Å². The molecule has 5 nitrogen and oxygen atoms in total. The van der Waals surface area contributed by atoms with Crippen molar-refractivity contribution in [1.29, 1.82) is 0 Å². The number of halogens is 1. The zero-order valence-corrected chi connectivity index (χ0v) is 17.8. The molecule has 2 rings (SSSR count). The Morgan fingerprint density at radius 1 is 1.19 bits per heavy atom. The Morgan fingerprint density at radius 3 is 2.62 bits per heavy atom. The van der Waals surface area contributed by atoms with E-state index in [0.29, 0.717) is 19.5 Å². The number of benzene rings is 1. The number of nitrogens with zero attached hydrogens (tertiary/aromatic N) is 3. The van der Waals surface area contributed by atoms with E-state index in [9.17, 15) is 4.79 Å². The Hall–Kier alpha value is -1.86. The fourth-order valence-electron chi connectivity index (χ4n) is 2.56. The highest BCUT2D eigenvalue weighted by molar-refractivity contribution is 9.10. The van der Waals surface area contributed by atoms with Crippen molar-refractivity contribution in [3.63, 3.8) is 0 Å². The number of nitrogens with one attached hydrogen (secondary N) is 1. The highest BCUT2D eigenvalue weighted by Gasteiger charge is 2.12. The highest BCUT2D eigenvalue weighted by atomic mass is 79.9. The van der Waals surface area contributed by atoms with E-state index in [0.717, 1.165) is 22.5 Å². The summed E-state index contributed by atoms with van der Waals surface area (Å²) >= 11 is 5.21. The van der Waals surface area contributed by atoms with Gasteiger partial charge in [-0.1, -0.05) is 34.1 Å². The average molecular weight is 437 g/mol. The molecule has 1 heterocycles. The van der Waals surface area contributed by atoms with Crippen LogP contribution in [0.3, 0.4) is 0 Å². The molecule has 26 heavy (non-hydrogen) atoms. The average Bonchev–Trinajstić information content (AvgIpc) is 3.13. The molecule has 0 atom stereocenters. The minimum absolute atomic E-state index is 0.101. The summed E-state index contributed by atoms with van der Waals surface area (Å²) in [5.41, 5.74) is 2.35. The van der Waals surface area contributed by atoms with E-state index in [4.69, 9.17) is 0 Å². The fourth-order valence-corrected chi connectivity index (χ4v) is 3.63. The first kappa shape index (κ1) is 20.5. The number of hydrogen-bond acceptors (Lipinski definition) is 3. The van der Waals surface area contributed by atoms with Gasteiger partial charge < -0.3 is 15.1 Å². The second kappa shape index (κ2) is 10.3. The van der Waals surface area contributed by atoms with Gasteiger partial charge in [0.2, 0.25) is 5.91 Å². The van der Waals surface area contributed by atoms with Crippen LogP contribution in [0.25, 0.3) is 0 Å². The van der Waals surface area contributed by atoms with Crippen LogP contribution in [-0.4, -0.2) is 49.4 Å². The molecule has 2 aromatic rings. The zero-order valence-electron chi connectivity index (χ0n) is 15.4. The largest absolute Gasteiger partial charge is 0.356 e. The summed E-state index contributed by atoms with van der Waals surface area (Å²) in [6.07, 6.45) is 0.423. The predicted molar refractivity (Wildman–Crippen MR) is 112 cm³/mol. The van der Waals surface area contributed by atoms with Gasteiger partial charge in [-0.3, -0.25) is 9.79 Å². The summed E-state index contributed by atoms with van der Waals surface area (Å²) in [4.78, 5) is 20.5. The third-order valence-corrected chi connectivity index (χ3v) is 5.49. The topological polar surface area (TPSA) is 47.9 Å². The lowest BCUT2D eigenvalue weighted by atomic mass is 10.2. The zero-order chi connectivity index (χ0) is 18.9. The standard InChI is InChI=1S/C19H25BrN4OS/c1-21-19(24(3)12-15-9-11-26-14-15)22-10-8-18(25)23(2)13-16-6-4-5-7-17(16)20/h4-7,9,11,14H,8,10,12-13H2,1-3H3,(H,21,22).